The summed E-state index contributed by atoms with van der Waals surface area (Å²) >= 11 is 0. The van der Waals surface area contributed by atoms with Crippen LogP contribution in [0.3, 0.4) is 0 Å². The maximum atomic E-state index is 4.57. The Morgan fingerprint density at radius 3 is 2.46 bits per heavy atom. The zero-order valence-electron chi connectivity index (χ0n) is 16.9. The Morgan fingerprint density at radius 1 is 0.893 bits per heavy atom. The normalized spacial score (nSPS) is 11.4. The van der Waals surface area contributed by atoms with Gasteiger partial charge >= 0.3 is 0 Å². The molecule has 0 saturated carbocycles. The highest BCUT2D eigenvalue weighted by atomic mass is 15.1. The van der Waals surface area contributed by atoms with Gasteiger partial charge in [0.1, 0.15) is 0 Å². The first-order valence-corrected chi connectivity index (χ1v) is 10.0. The molecule has 0 atom stereocenters. The number of nitrogens with zero attached hydrogens (tertiary/aromatic N) is 2. The van der Waals surface area contributed by atoms with Crippen molar-refractivity contribution in [2.45, 2.75) is 27.3 Å². The van der Waals surface area contributed by atoms with Gasteiger partial charge in [0.25, 0.3) is 0 Å². The molecule has 0 fully saturated rings. The highest BCUT2D eigenvalue weighted by Crippen LogP contribution is 2.34. The number of aromatic nitrogens is 1. The first kappa shape index (κ1) is 18.5. The van der Waals surface area contributed by atoms with E-state index in [-0.39, 0.29) is 0 Å². The molecule has 0 saturated heterocycles. The molecule has 3 nitrogen and oxygen atoms in total. The molecule has 0 radical (unpaired) electrons. The summed E-state index contributed by atoms with van der Waals surface area (Å²) in [5.41, 5.74) is 5.95. The van der Waals surface area contributed by atoms with Crippen LogP contribution in [0, 0.1) is 6.92 Å². The molecule has 0 amide bonds. The summed E-state index contributed by atoms with van der Waals surface area (Å²) in [5, 5.41) is 7.25. The molecule has 3 heteroatoms. The van der Waals surface area contributed by atoms with Crippen molar-refractivity contribution in [1.82, 2.24) is 9.88 Å². The van der Waals surface area contributed by atoms with Gasteiger partial charge in [0, 0.05) is 29.2 Å². The Kier molecular flexibility index (Phi) is 5.27. The number of hydrogen-bond acceptors (Lipinski definition) is 3. The van der Waals surface area contributed by atoms with Crippen LogP contribution < -0.4 is 5.32 Å². The zero-order valence-corrected chi connectivity index (χ0v) is 16.9. The fraction of sp³-hybridized carbons (Fsp3) is 0.240. The molecule has 4 rings (SSSR count). The van der Waals surface area contributed by atoms with Gasteiger partial charge in [-0.25, -0.2) is 0 Å². The molecule has 0 spiro atoms. The standard InChI is InChI=1S/C25H27N3/c1-4-28(5-2)17-20-12-13-21(15-18(20)3)27-25-22-10-7-6-9-19(22)16-24-23(25)11-8-14-26-24/h6-16,27H,4-5,17H2,1-3H3. The lowest BCUT2D eigenvalue weighted by Crippen LogP contribution is -2.22. The van der Waals surface area contributed by atoms with E-state index < -0.39 is 0 Å². The first-order valence-electron chi connectivity index (χ1n) is 10.0. The summed E-state index contributed by atoms with van der Waals surface area (Å²) in [6, 6.07) is 21.5. The summed E-state index contributed by atoms with van der Waals surface area (Å²) < 4.78 is 0. The number of aryl methyl sites for hydroxylation is 1. The molecule has 1 heterocycles. The third-order valence-electron chi connectivity index (χ3n) is 5.53. The minimum atomic E-state index is 1.00. The van der Waals surface area contributed by atoms with Crippen molar-refractivity contribution in [2.75, 3.05) is 18.4 Å². The van der Waals surface area contributed by atoms with Gasteiger partial charge in [0.15, 0.2) is 0 Å². The Bertz CT molecular complexity index is 1060. The second-order valence-electron chi connectivity index (χ2n) is 7.27. The Labute approximate surface area is 167 Å². The van der Waals surface area contributed by atoms with Crippen molar-refractivity contribution < 1.29 is 0 Å². The van der Waals surface area contributed by atoms with Gasteiger partial charge in [-0.05, 0) is 66.9 Å². The predicted octanol–water partition coefficient (Wildman–Crippen LogP) is 6.28. The minimum absolute atomic E-state index is 1.00. The fourth-order valence-electron chi connectivity index (χ4n) is 3.81. The number of hydrogen-bond donors (Lipinski definition) is 1. The van der Waals surface area contributed by atoms with Crippen LogP contribution in [0.1, 0.15) is 25.0 Å². The van der Waals surface area contributed by atoms with Crippen LogP contribution in [0.15, 0.2) is 66.9 Å². The summed E-state index contributed by atoms with van der Waals surface area (Å²) in [6.45, 7) is 9.78. The third kappa shape index (κ3) is 3.58. The lowest BCUT2D eigenvalue weighted by atomic mass is 10.0. The summed E-state index contributed by atoms with van der Waals surface area (Å²) in [6.07, 6.45) is 1.85. The maximum Gasteiger partial charge on any atom is 0.0729 e. The largest absolute Gasteiger partial charge is 0.354 e. The van der Waals surface area contributed by atoms with E-state index in [1.807, 2.05) is 12.3 Å². The average molecular weight is 370 g/mol. The van der Waals surface area contributed by atoms with Crippen molar-refractivity contribution in [3.8, 4) is 0 Å². The average Bonchev–Trinajstić information content (AvgIpc) is 2.73. The maximum absolute atomic E-state index is 4.57. The summed E-state index contributed by atoms with van der Waals surface area (Å²) in [4.78, 5) is 7.01. The number of rotatable bonds is 6. The molecule has 3 aromatic carbocycles. The SMILES string of the molecule is CCN(CC)Cc1ccc(Nc2c3ccccc3cc3ncccc23)cc1C. The van der Waals surface area contributed by atoms with E-state index in [0.717, 1.165) is 41.9 Å². The summed E-state index contributed by atoms with van der Waals surface area (Å²) in [7, 11) is 0. The molecule has 0 aliphatic carbocycles. The second-order valence-corrected chi connectivity index (χ2v) is 7.27. The molecular formula is C25H27N3. The van der Waals surface area contributed by atoms with Gasteiger partial charge in [-0.15, -0.1) is 0 Å². The van der Waals surface area contributed by atoms with E-state index >= 15 is 0 Å². The van der Waals surface area contributed by atoms with Crippen molar-refractivity contribution in [1.29, 1.82) is 0 Å². The fourth-order valence-corrected chi connectivity index (χ4v) is 3.81. The predicted molar refractivity (Wildman–Crippen MR) is 120 cm³/mol. The molecule has 142 valence electrons. The van der Waals surface area contributed by atoms with E-state index in [1.54, 1.807) is 0 Å². The molecule has 0 unspecified atom stereocenters. The number of anilines is 2. The molecule has 0 bridgehead atoms. The lowest BCUT2D eigenvalue weighted by molar-refractivity contribution is 0.295. The quantitative estimate of drug-likeness (QED) is 0.405. The van der Waals surface area contributed by atoms with Gasteiger partial charge in [-0.2, -0.15) is 0 Å². The van der Waals surface area contributed by atoms with Crippen LogP contribution in [0.25, 0.3) is 21.7 Å². The van der Waals surface area contributed by atoms with Crippen molar-refractivity contribution in [3.63, 3.8) is 0 Å². The van der Waals surface area contributed by atoms with Gasteiger partial charge in [0.05, 0.1) is 11.2 Å². The van der Waals surface area contributed by atoms with E-state index in [9.17, 15) is 0 Å². The molecule has 0 aliphatic rings. The molecule has 28 heavy (non-hydrogen) atoms. The smallest absolute Gasteiger partial charge is 0.0729 e. The Balaban J connectivity index is 1.74. The highest BCUT2D eigenvalue weighted by Gasteiger charge is 2.10. The van der Waals surface area contributed by atoms with E-state index in [2.05, 4.69) is 90.6 Å². The topological polar surface area (TPSA) is 28.2 Å². The van der Waals surface area contributed by atoms with Crippen molar-refractivity contribution in [2.24, 2.45) is 0 Å². The highest BCUT2D eigenvalue weighted by molar-refractivity contribution is 6.10. The number of nitrogens with one attached hydrogen (secondary N) is 1. The molecule has 1 aromatic heterocycles. The molecule has 1 N–H and O–H groups in total. The van der Waals surface area contributed by atoms with E-state index in [0.29, 0.717) is 0 Å². The van der Waals surface area contributed by atoms with Crippen LogP contribution in [-0.2, 0) is 6.54 Å². The van der Waals surface area contributed by atoms with Crippen LogP contribution in [-0.4, -0.2) is 23.0 Å². The van der Waals surface area contributed by atoms with Gasteiger partial charge in [-0.3, -0.25) is 9.88 Å². The Morgan fingerprint density at radius 2 is 1.68 bits per heavy atom. The van der Waals surface area contributed by atoms with Crippen LogP contribution in [0.2, 0.25) is 0 Å². The Hall–Kier alpha value is -2.91. The van der Waals surface area contributed by atoms with Gasteiger partial charge < -0.3 is 5.32 Å². The lowest BCUT2D eigenvalue weighted by Gasteiger charge is -2.20. The molecule has 4 aromatic rings. The minimum Gasteiger partial charge on any atom is -0.354 e. The van der Waals surface area contributed by atoms with Crippen LogP contribution in [0.4, 0.5) is 11.4 Å². The monoisotopic (exact) mass is 369 g/mol. The molecular weight excluding hydrogens is 342 g/mol. The number of pyridine rings is 1. The van der Waals surface area contributed by atoms with Crippen molar-refractivity contribution in [3.05, 3.63) is 78.0 Å². The second kappa shape index (κ2) is 7.99. The summed E-state index contributed by atoms with van der Waals surface area (Å²) in [5.74, 6) is 0. The van der Waals surface area contributed by atoms with E-state index in [1.165, 1.54) is 21.9 Å². The van der Waals surface area contributed by atoms with Gasteiger partial charge in [0.2, 0.25) is 0 Å². The van der Waals surface area contributed by atoms with Crippen LogP contribution >= 0.6 is 0 Å². The first-order chi connectivity index (χ1) is 13.7. The molecule has 0 aliphatic heterocycles. The number of fused-ring (bicyclic) bond motifs is 2. The van der Waals surface area contributed by atoms with Crippen LogP contribution in [0.5, 0.6) is 0 Å². The van der Waals surface area contributed by atoms with E-state index in [4.69, 9.17) is 0 Å². The third-order valence-corrected chi connectivity index (χ3v) is 5.53. The zero-order chi connectivity index (χ0) is 19.5. The van der Waals surface area contributed by atoms with Gasteiger partial charge in [-0.1, -0.05) is 44.2 Å². The number of benzene rings is 3. The van der Waals surface area contributed by atoms with Crippen molar-refractivity contribution >= 4 is 33.1 Å².